The molecule has 0 unspecified atom stereocenters. The molecule has 2 aromatic heterocycles. The molecule has 2 N–H and O–H groups in total. The molecule has 5 aromatic rings. The Morgan fingerprint density at radius 2 is 1.50 bits per heavy atom. The SMILES string of the molecule is CCn1c(CCCc2ccc(-c3cccc(NC(=O)Nc4ccccc4)n3)cc2)nn(Cc2ccc(C(C)(C)C)cc2)c1=O. The van der Waals surface area contributed by atoms with Gasteiger partial charge in [-0.2, -0.15) is 5.10 Å². The first-order valence-corrected chi connectivity index (χ1v) is 15.1. The van der Waals surface area contributed by atoms with Gasteiger partial charge in [0.05, 0.1) is 12.2 Å². The highest BCUT2D eigenvalue weighted by atomic mass is 16.2. The lowest BCUT2D eigenvalue weighted by molar-refractivity contribution is 0.262. The second-order valence-electron chi connectivity index (χ2n) is 12.0. The smallest absolute Gasteiger partial charge is 0.308 e. The summed E-state index contributed by atoms with van der Waals surface area (Å²) < 4.78 is 3.36. The Morgan fingerprint density at radius 1 is 0.795 bits per heavy atom. The Morgan fingerprint density at radius 3 is 2.18 bits per heavy atom. The van der Waals surface area contributed by atoms with E-state index in [9.17, 15) is 9.59 Å². The number of pyridine rings is 1. The zero-order valence-electron chi connectivity index (χ0n) is 25.9. The van der Waals surface area contributed by atoms with Crippen LogP contribution in [0, 0.1) is 0 Å². The lowest BCUT2D eigenvalue weighted by Gasteiger charge is -2.19. The van der Waals surface area contributed by atoms with Crippen LogP contribution < -0.4 is 16.3 Å². The summed E-state index contributed by atoms with van der Waals surface area (Å²) in [6.07, 6.45) is 2.47. The van der Waals surface area contributed by atoms with Crippen molar-refractivity contribution in [3.63, 3.8) is 0 Å². The number of nitrogens with zero attached hydrogens (tertiary/aromatic N) is 4. The standard InChI is InChI=1S/C36H40N6O2/c1-5-41-33(40-42(35(41)44)25-27-19-23-29(24-20-27)36(2,3)4)16-9-11-26-17-21-28(22-18-26)31-14-10-15-32(38-31)39-34(43)37-30-12-7-6-8-13-30/h6-8,10,12-15,17-24H,5,9,11,16,25H2,1-4H3,(H2,37,38,39,43). The predicted molar refractivity (Wildman–Crippen MR) is 177 cm³/mol. The Hall–Kier alpha value is -4.98. The minimum Gasteiger partial charge on any atom is -0.308 e. The van der Waals surface area contributed by atoms with E-state index in [4.69, 9.17) is 5.10 Å². The lowest BCUT2D eigenvalue weighted by atomic mass is 9.87. The quantitative estimate of drug-likeness (QED) is 0.179. The number of carbonyl (C=O) groups excluding carboxylic acids is 1. The first-order valence-electron chi connectivity index (χ1n) is 15.1. The normalized spacial score (nSPS) is 11.4. The van der Waals surface area contributed by atoms with E-state index in [-0.39, 0.29) is 17.1 Å². The van der Waals surface area contributed by atoms with Crippen LogP contribution in [-0.2, 0) is 31.3 Å². The van der Waals surface area contributed by atoms with Crippen LogP contribution in [0.4, 0.5) is 16.3 Å². The summed E-state index contributed by atoms with van der Waals surface area (Å²) in [7, 11) is 0. The second kappa shape index (κ2) is 13.5. The molecule has 3 aromatic carbocycles. The number of hydrogen-bond donors (Lipinski definition) is 2. The average Bonchev–Trinajstić information content (AvgIpc) is 3.31. The summed E-state index contributed by atoms with van der Waals surface area (Å²) in [6, 6.07) is 31.3. The van der Waals surface area contributed by atoms with Gasteiger partial charge < -0.3 is 5.32 Å². The zero-order valence-corrected chi connectivity index (χ0v) is 25.9. The minimum atomic E-state index is -0.343. The number of urea groups is 1. The summed E-state index contributed by atoms with van der Waals surface area (Å²) in [5.74, 6) is 1.30. The highest BCUT2D eigenvalue weighted by Crippen LogP contribution is 2.23. The lowest BCUT2D eigenvalue weighted by Crippen LogP contribution is -2.25. The summed E-state index contributed by atoms with van der Waals surface area (Å²) in [4.78, 5) is 30.0. The van der Waals surface area contributed by atoms with Crippen molar-refractivity contribution in [3.05, 3.63) is 130 Å². The number of benzene rings is 3. The fraction of sp³-hybridized carbons (Fsp3) is 0.278. The number of amides is 2. The molecule has 226 valence electrons. The maximum Gasteiger partial charge on any atom is 0.346 e. The molecule has 0 radical (unpaired) electrons. The number of aromatic nitrogens is 4. The molecule has 0 aliphatic carbocycles. The van der Waals surface area contributed by atoms with Crippen LogP contribution in [0.5, 0.6) is 0 Å². The molecule has 0 atom stereocenters. The average molecular weight is 589 g/mol. The zero-order chi connectivity index (χ0) is 31.1. The first kappa shape index (κ1) is 30.5. The number of hydrogen-bond acceptors (Lipinski definition) is 4. The van der Waals surface area contributed by atoms with Gasteiger partial charge in [0.2, 0.25) is 0 Å². The third-order valence-corrected chi connectivity index (χ3v) is 7.61. The van der Waals surface area contributed by atoms with Crippen molar-refractivity contribution in [2.45, 2.75) is 65.5 Å². The molecule has 8 nitrogen and oxygen atoms in total. The predicted octanol–water partition coefficient (Wildman–Crippen LogP) is 7.29. The number of para-hydroxylation sites is 1. The molecule has 0 aliphatic rings. The van der Waals surface area contributed by atoms with Gasteiger partial charge in [0, 0.05) is 24.2 Å². The molecule has 0 saturated heterocycles. The van der Waals surface area contributed by atoms with Gasteiger partial charge in [-0.3, -0.25) is 9.88 Å². The molecule has 8 heteroatoms. The van der Waals surface area contributed by atoms with Gasteiger partial charge in [0.15, 0.2) is 0 Å². The van der Waals surface area contributed by atoms with Gasteiger partial charge in [-0.1, -0.05) is 93.6 Å². The molecular weight excluding hydrogens is 548 g/mol. The molecule has 5 rings (SSSR count). The van der Waals surface area contributed by atoms with Crippen molar-refractivity contribution >= 4 is 17.5 Å². The third-order valence-electron chi connectivity index (χ3n) is 7.61. The van der Waals surface area contributed by atoms with Crippen molar-refractivity contribution in [1.82, 2.24) is 19.3 Å². The fourth-order valence-corrected chi connectivity index (χ4v) is 5.13. The van der Waals surface area contributed by atoms with Gasteiger partial charge in [-0.25, -0.2) is 19.3 Å². The Labute approximate surface area is 258 Å². The van der Waals surface area contributed by atoms with Crippen molar-refractivity contribution in [1.29, 1.82) is 0 Å². The molecular formula is C36H40N6O2. The number of carbonyl (C=O) groups is 1. The van der Waals surface area contributed by atoms with Crippen LogP contribution in [0.25, 0.3) is 11.3 Å². The van der Waals surface area contributed by atoms with Crippen LogP contribution >= 0.6 is 0 Å². The van der Waals surface area contributed by atoms with Crippen LogP contribution in [0.2, 0.25) is 0 Å². The van der Waals surface area contributed by atoms with E-state index in [1.54, 1.807) is 15.3 Å². The molecule has 44 heavy (non-hydrogen) atoms. The summed E-state index contributed by atoms with van der Waals surface area (Å²) in [5.41, 5.74) is 6.03. The van der Waals surface area contributed by atoms with Crippen LogP contribution in [0.1, 0.15) is 56.6 Å². The van der Waals surface area contributed by atoms with E-state index in [0.717, 1.165) is 41.9 Å². The number of rotatable bonds is 10. The molecule has 0 saturated carbocycles. The van der Waals surface area contributed by atoms with Crippen LogP contribution in [0.15, 0.2) is 102 Å². The molecule has 2 heterocycles. The second-order valence-corrected chi connectivity index (χ2v) is 12.0. The fourth-order valence-electron chi connectivity index (χ4n) is 5.13. The maximum absolute atomic E-state index is 13.1. The highest BCUT2D eigenvalue weighted by molar-refractivity contribution is 5.99. The first-order chi connectivity index (χ1) is 21.2. The van der Waals surface area contributed by atoms with E-state index < -0.39 is 0 Å². The number of aryl methyl sites for hydroxylation is 2. The Kier molecular flexibility index (Phi) is 9.38. The minimum absolute atomic E-state index is 0.0616. The number of nitrogens with one attached hydrogen (secondary N) is 2. The summed E-state index contributed by atoms with van der Waals surface area (Å²) in [5, 5.41) is 10.3. The van der Waals surface area contributed by atoms with Gasteiger partial charge in [-0.15, -0.1) is 0 Å². The third kappa shape index (κ3) is 7.69. The molecule has 0 spiro atoms. The molecule has 2 amide bonds. The van der Waals surface area contributed by atoms with Crippen LogP contribution in [-0.4, -0.2) is 25.4 Å². The van der Waals surface area contributed by atoms with E-state index in [0.29, 0.717) is 24.6 Å². The van der Waals surface area contributed by atoms with Gasteiger partial charge in [-0.05, 0) is 66.1 Å². The van der Waals surface area contributed by atoms with Crippen molar-refractivity contribution in [2.75, 3.05) is 10.6 Å². The molecule has 0 aliphatic heterocycles. The van der Waals surface area contributed by atoms with E-state index in [1.165, 1.54) is 11.1 Å². The molecule has 0 fully saturated rings. The van der Waals surface area contributed by atoms with Gasteiger partial charge in [0.25, 0.3) is 0 Å². The van der Waals surface area contributed by atoms with E-state index in [2.05, 4.69) is 72.8 Å². The van der Waals surface area contributed by atoms with E-state index in [1.807, 2.05) is 61.5 Å². The summed E-state index contributed by atoms with van der Waals surface area (Å²) in [6.45, 7) is 9.64. The van der Waals surface area contributed by atoms with Crippen molar-refractivity contribution in [2.24, 2.45) is 0 Å². The topological polar surface area (TPSA) is 93.8 Å². The van der Waals surface area contributed by atoms with Gasteiger partial charge in [0.1, 0.15) is 11.6 Å². The summed E-state index contributed by atoms with van der Waals surface area (Å²) >= 11 is 0. The van der Waals surface area contributed by atoms with Gasteiger partial charge >= 0.3 is 11.7 Å². The Balaban J connectivity index is 1.17. The van der Waals surface area contributed by atoms with Crippen molar-refractivity contribution in [3.8, 4) is 11.3 Å². The monoisotopic (exact) mass is 588 g/mol. The van der Waals surface area contributed by atoms with Crippen molar-refractivity contribution < 1.29 is 4.79 Å². The molecule has 0 bridgehead atoms. The largest absolute Gasteiger partial charge is 0.346 e. The highest BCUT2D eigenvalue weighted by Gasteiger charge is 2.15. The van der Waals surface area contributed by atoms with E-state index >= 15 is 0 Å². The Bertz CT molecular complexity index is 1750. The van der Waals surface area contributed by atoms with Crippen LogP contribution in [0.3, 0.4) is 0 Å². The maximum atomic E-state index is 13.1. The number of anilines is 2.